The van der Waals surface area contributed by atoms with E-state index in [1.807, 2.05) is 18.2 Å². The van der Waals surface area contributed by atoms with Crippen molar-refractivity contribution in [1.82, 2.24) is 10.3 Å². The van der Waals surface area contributed by atoms with Crippen LogP contribution >= 0.6 is 0 Å². The summed E-state index contributed by atoms with van der Waals surface area (Å²) in [6.45, 7) is 6.50. The van der Waals surface area contributed by atoms with Crippen LogP contribution in [0.3, 0.4) is 0 Å². The summed E-state index contributed by atoms with van der Waals surface area (Å²) in [6.07, 6.45) is 6.87. The molecule has 0 unspecified atom stereocenters. The number of nitrogen functional groups attached to an aromatic ring is 1. The molecule has 1 heterocycles. The fourth-order valence-corrected chi connectivity index (χ4v) is 1.36. The first-order valence-electron chi connectivity index (χ1n) is 5.78. The maximum absolute atomic E-state index is 5.72. The molecular weight excluding hydrogens is 198 g/mol. The second-order valence-corrected chi connectivity index (χ2v) is 4.27. The molecule has 3 nitrogen and oxygen atoms in total. The number of aromatic nitrogens is 1. The number of hydrogen-bond donors (Lipinski definition) is 2. The summed E-state index contributed by atoms with van der Waals surface area (Å²) in [7, 11) is 0. The Balaban J connectivity index is 2.25. The van der Waals surface area contributed by atoms with Crippen LogP contribution < -0.4 is 11.1 Å². The molecule has 0 fully saturated rings. The summed E-state index contributed by atoms with van der Waals surface area (Å²) in [5, 5.41) is 3.39. The van der Waals surface area contributed by atoms with Crippen LogP contribution in [-0.4, -0.2) is 18.1 Å². The van der Waals surface area contributed by atoms with E-state index >= 15 is 0 Å². The predicted molar refractivity (Wildman–Crippen MR) is 70.0 cm³/mol. The lowest BCUT2D eigenvalue weighted by molar-refractivity contribution is 0.557. The molecule has 0 saturated heterocycles. The lowest BCUT2D eigenvalue weighted by Gasteiger charge is -2.04. The molecule has 0 aromatic carbocycles. The van der Waals surface area contributed by atoms with Crippen LogP contribution in [0.15, 0.2) is 24.4 Å². The Morgan fingerprint density at radius 1 is 1.50 bits per heavy atom. The predicted octanol–water partition coefficient (Wildman–Crippen LogP) is 2.31. The average molecular weight is 219 g/mol. The molecule has 16 heavy (non-hydrogen) atoms. The molecular formula is C13H21N3. The number of nitrogens with zero attached hydrogens (tertiary/aromatic N) is 1. The molecule has 0 radical (unpaired) electrons. The zero-order valence-electron chi connectivity index (χ0n) is 10.1. The Kier molecular flexibility index (Phi) is 5.57. The third-order valence-corrected chi connectivity index (χ3v) is 2.21. The summed E-state index contributed by atoms with van der Waals surface area (Å²) in [6, 6.07) is 3.87. The van der Waals surface area contributed by atoms with Gasteiger partial charge in [0, 0.05) is 11.8 Å². The Hall–Kier alpha value is -1.35. The summed E-state index contributed by atoms with van der Waals surface area (Å²) in [5.74, 6) is 1.30. The van der Waals surface area contributed by atoms with Crippen LogP contribution in [0.2, 0.25) is 0 Å². The topological polar surface area (TPSA) is 50.9 Å². The van der Waals surface area contributed by atoms with Gasteiger partial charge >= 0.3 is 0 Å². The molecule has 1 aromatic heterocycles. The Bertz CT molecular complexity index is 332. The van der Waals surface area contributed by atoms with Gasteiger partial charge in [-0.1, -0.05) is 26.0 Å². The molecule has 0 aliphatic carbocycles. The van der Waals surface area contributed by atoms with Crippen LogP contribution in [0.4, 0.5) is 5.82 Å². The molecule has 0 atom stereocenters. The van der Waals surface area contributed by atoms with Crippen LogP contribution in [0.1, 0.15) is 25.8 Å². The largest absolute Gasteiger partial charge is 0.383 e. The van der Waals surface area contributed by atoms with Gasteiger partial charge in [0.05, 0.1) is 0 Å². The van der Waals surface area contributed by atoms with E-state index in [0.29, 0.717) is 11.7 Å². The summed E-state index contributed by atoms with van der Waals surface area (Å²) in [5.41, 5.74) is 6.72. The number of rotatable bonds is 6. The Labute approximate surface area is 97.8 Å². The minimum atomic E-state index is 0.592. The molecule has 88 valence electrons. The quantitative estimate of drug-likeness (QED) is 0.722. The molecule has 0 saturated carbocycles. The maximum atomic E-state index is 5.72. The van der Waals surface area contributed by atoms with E-state index in [2.05, 4.69) is 30.2 Å². The summed E-state index contributed by atoms with van der Waals surface area (Å²) in [4.78, 5) is 4.03. The molecule has 0 spiro atoms. The van der Waals surface area contributed by atoms with Gasteiger partial charge in [-0.2, -0.15) is 0 Å². The van der Waals surface area contributed by atoms with E-state index in [1.54, 1.807) is 6.20 Å². The zero-order chi connectivity index (χ0) is 11.8. The van der Waals surface area contributed by atoms with Crippen molar-refractivity contribution in [3.05, 3.63) is 30.0 Å². The van der Waals surface area contributed by atoms with Crippen LogP contribution in [-0.2, 0) is 0 Å². The molecule has 0 bridgehead atoms. The van der Waals surface area contributed by atoms with Crippen molar-refractivity contribution in [1.29, 1.82) is 0 Å². The van der Waals surface area contributed by atoms with Gasteiger partial charge in [0.25, 0.3) is 0 Å². The number of nitrogens with two attached hydrogens (primary N) is 1. The third kappa shape index (κ3) is 4.94. The first kappa shape index (κ1) is 12.7. The van der Waals surface area contributed by atoms with Gasteiger partial charge in [-0.3, -0.25) is 0 Å². The molecule has 3 heteroatoms. The summed E-state index contributed by atoms with van der Waals surface area (Å²) >= 11 is 0. The highest BCUT2D eigenvalue weighted by molar-refractivity contribution is 5.60. The maximum Gasteiger partial charge on any atom is 0.130 e. The number of pyridine rings is 1. The van der Waals surface area contributed by atoms with E-state index in [9.17, 15) is 0 Å². The van der Waals surface area contributed by atoms with Crippen molar-refractivity contribution in [3.63, 3.8) is 0 Å². The second-order valence-electron chi connectivity index (χ2n) is 4.27. The van der Waals surface area contributed by atoms with Gasteiger partial charge < -0.3 is 11.1 Å². The van der Waals surface area contributed by atoms with Crippen molar-refractivity contribution in [2.75, 3.05) is 18.8 Å². The minimum Gasteiger partial charge on any atom is -0.383 e. The molecule has 0 aliphatic heterocycles. The normalized spacial score (nSPS) is 11.4. The average Bonchev–Trinajstić information content (AvgIpc) is 2.25. The standard InChI is InChI=1S/C13H21N3/c1-11(2)10-15-8-4-3-6-12-7-5-9-16-13(12)14/h3,5-7,9,11,15H,4,8,10H2,1-2H3,(H2,14,16). The first-order valence-corrected chi connectivity index (χ1v) is 5.78. The molecule has 1 aromatic rings. The zero-order valence-corrected chi connectivity index (χ0v) is 10.1. The Morgan fingerprint density at radius 2 is 2.31 bits per heavy atom. The van der Waals surface area contributed by atoms with Crippen molar-refractivity contribution < 1.29 is 0 Å². The van der Waals surface area contributed by atoms with E-state index in [1.165, 1.54) is 0 Å². The highest BCUT2D eigenvalue weighted by Crippen LogP contribution is 2.08. The molecule has 3 N–H and O–H groups in total. The highest BCUT2D eigenvalue weighted by Gasteiger charge is 1.93. The van der Waals surface area contributed by atoms with Crippen molar-refractivity contribution in [3.8, 4) is 0 Å². The van der Waals surface area contributed by atoms with Gasteiger partial charge in [-0.15, -0.1) is 0 Å². The van der Waals surface area contributed by atoms with Gasteiger partial charge in [0.1, 0.15) is 5.82 Å². The van der Waals surface area contributed by atoms with E-state index in [0.717, 1.165) is 25.1 Å². The lowest BCUT2D eigenvalue weighted by Crippen LogP contribution is -2.20. The van der Waals surface area contributed by atoms with E-state index < -0.39 is 0 Å². The van der Waals surface area contributed by atoms with Gasteiger partial charge in [-0.25, -0.2) is 4.98 Å². The summed E-state index contributed by atoms with van der Waals surface area (Å²) < 4.78 is 0. The SMILES string of the molecule is CC(C)CNCCC=Cc1cccnc1N. The molecule has 0 aliphatic rings. The number of nitrogens with one attached hydrogen (secondary N) is 1. The second kappa shape index (κ2) is 7.01. The van der Waals surface area contributed by atoms with Crippen LogP contribution in [0, 0.1) is 5.92 Å². The highest BCUT2D eigenvalue weighted by atomic mass is 14.8. The lowest BCUT2D eigenvalue weighted by atomic mass is 10.2. The number of anilines is 1. The van der Waals surface area contributed by atoms with Crippen molar-refractivity contribution >= 4 is 11.9 Å². The third-order valence-electron chi connectivity index (χ3n) is 2.21. The molecule has 0 amide bonds. The first-order chi connectivity index (χ1) is 7.70. The van der Waals surface area contributed by atoms with E-state index in [-0.39, 0.29) is 0 Å². The van der Waals surface area contributed by atoms with Crippen molar-refractivity contribution in [2.24, 2.45) is 5.92 Å². The van der Waals surface area contributed by atoms with Gasteiger partial charge in [-0.05, 0) is 37.6 Å². The van der Waals surface area contributed by atoms with Gasteiger partial charge in [0.2, 0.25) is 0 Å². The van der Waals surface area contributed by atoms with Crippen LogP contribution in [0.25, 0.3) is 6.08 Å². The molecule has 1 rings (SSSR count). The monoisotopic (exact) mass is 219 g/mol. The van der Waals surface area contributed by atoms with Gasteiger partial charge in [0.15, 0.2) is 0 Å². The Morgan fingerprint density at radius 3 is 3.00 bits per heavy atom. The van der Waals surface area contributed by atoms with E-state index in [4.69, 9.17) is 5.73 Å². The van der Waals surface area contributed by atoms with Crippen LogP contribution in [0.5, 0.6) is 0 Å². The fraction of sp³-hybridized carbons (Fsp3) is 0.462. The number of hydrogen-bond acceptors (Lipinski definition) is 3. The fourth-order valence-electron chi connectivity index (χ4n) is 1.36. The van der Waals surface area contributed by atoms with Crippen molar-refractivity contribution in [2.45, 2.75) is 20.3 Å². The minimum absolute atomic E-state index is 0.592. The smallest absolute Gasteiger partial charge is 0.130 e.